The first kappa shape index (κ1) is 40.6. The molecule has 53 heavy (non-hydrogen) atoms. The Labute approximate surface area is 308 Å². The SMILES string of the molecule is O=C(CCCC(=O)NCCC(=O)N1Cc2ccccc2C#Cc2ccccc21)NCCOCCOCCOCCOCCC(=O)ON1C(=O)CCC1=O. The molecule has 0 saturated carbocycles. The first-order valence-corrected chi connectivity index (χ1v) is 17.7. The number of ether oxygens (including phenoxy) is 4. The zero-order chi connectivity index (χ0) is 37.7. The van der Waals surface area contributed by atoms with Gasteiger partial charge in [-0.3, -0.25) is 24.0 Å². The molecule has 15 heteroatoms. The van der Waals surface area contributed by atoms with Gasteiger partial charge >= 0.3 is 5.97 Å². The third kappa shape index (κ3) is 14.4. The molecular formula is C38H46N4O11. The summed E-state index contributed by atoms with van der Waals surface area (Å²) in [5.41, 5.74) is 3.36. The minimum absolute atomic E-state index is 0.0431. The topological polar surface area (TPSA) is 179 Å². The van der Waals surface area contributed by atoms with Crippen molar-refractivity contribution < 1.29 is 52.6 Å². The van der Waals surface area contributed by atoms with Crippen molar-refractivity contribution in [1.29, 1.82) is 0 Å². The Hall–Kier alpha value is -5.14. The van der Waals surface area contributed by atoms with E-state index in [1.807, 2.05) is 48.5 Å². The predicted octanol–water partition coefficient (Wildman–Crippen LogP) is 1.79. The van der Waals surface area contributed by atoms with E-state index in [0.717, 1.165) is 22.4 Å². The number of para-hydroxylation sites is 1. The number of carbonyl (C=O) groups is 6. The Bertz CT molecular complexity index is 1620. The maximum absolute atomic E-state index is 13.3. The molecule has 2 N–H and O–H groups in total. The molecular weight excluding hydrogens is 688 g/mol. The number of nitrogens with zero attached hydrogens (tertiary/aromatic N) is 2. The Morgan fingerprint density at radius 2 is 1.17 bits per heavy atom. The lowest BCUT2D eigenvalue weighted by Gasteiger charge is -2.26. The van der Waals surface area contributed by atoms with Gasteiger partial charge in [0.25, 0.3) is 11.8 Å². The molecule has 0 unspecified atom stereocenters. The van der Waals surface area contributed by atoms with Gasteiger partial charge in [0, 0.05) is 56.3 Å². The molecule has 0 radical (unpaired) electrons. The minimum atomic E-state index is -0.720. The molecule has 2 aliphatic rings. The summed E-state index contributed by atoms with van der Waals surface area (Å²) < 4.78 is 21.5. The highest BCUT2D eigenvalue weighted by atomic mass is 16.7. The van der Waals surface area contributed by atoms with Crippen LogP contribution in [0.2, 0.25) is 0 Å². The predicted molar refractivity (Wildman–Crippen MR) is 190 cm³/mol. The van der Waals surface area contributed by atoms with E-state index < -0.39 is 17.8 Å². The quantitative estimate of drug-likeness (QED) is 0.0966. The monoisotopic (exact) mass is 734 g/mol. The van der Waals surface area contributed by atoms with Gasteiger partial charge in [-0.05, 0) is 30.2 Å². The number of hydroxylamine groups is 2. The standard InChI is InChI=1S/C38H46N4O11/c43-33(39-18-16-35(45)41-28-31-8-2-1-6-29(31)12-13-30-7-3-4-9-32(30)41)10-5-11-34(44)40-19-21-50-23-25-52-27-26-51-24-22-49-20-17-38(48)53-42-36(46)14-15-37(42)47/h1-4,6-9H,5,10-11,14-28H2,(H,39,43)(H,40,44). The summed E-state index contributed by atoms with van der Waals surface area (Å²) in [4.78, 5) is 78.8. The fourth-order valence-electron chi connectivity index (χ4n) is 5.22. The number of carbonyl (C=O) groups excluding carboxylic acids is 6. The van der Waals surface area contributed by atoms with Gasteiger partial charge in [0.2, 0.25) is 17.7 Å². The van der Waals surface area contributed by atoms with Gasteiger partial charge in [-0.15, -0.1) is 5.06 Å². The van der Waals surface area contributed by atoms with Crippen molar-refractivity contribution in [3.05, 3.63) is 65.2 Å². The fraction of sp³-hybridized carbons (Fsp3) is 0.474. The van der Waals surface area contributed by atoms with Crippen LogP contribution in [0.15, 0.2) is 48.5 Å². The molecule has 4 rings (SSSR count). The molecule has 2 aliphatic heterocycles. The summed E-state index contributed by atoms with van der Waals surface area (Å²) >= 11 is 0. The van der Waals surface area contributed by atoms with Crippen LogP contribution < -0.4 is 15.5 Å². The average molecular weight is 735 g/mol. The number of hydrogen-bond donors (Lipinski definition) is 2. The molecule has 0 aromatic heterocycles. The van der Waals surface area contributed by atoms with E-state index in [2.05, 4.69) is 22.5 Å². The number of imide groups is 1. The minimum Gasteiger partial charge on any atom is -0.378 e. The number of anilines is 1. The van der Waals surface area contributed by atoms with Crippen LogP contribution in [0.4, 0.5) is 5.69 Å². The number of benzene rings is 2. The lowest BCUT2D eigenvalue weighted by Crippen LogP contribution is -2.35. The summed E-state index contributed by atoms with van der Waals surface area (Å²) in [5.74, 6) is 4.09. The van der Waals surface area contributed by atoms with Crippen molar-refractivity contribution in [1.82, 2.24) is 15.7 Å². The number of nitrogens with one attached hydrogen (secondary N) is 2. The lowest BCUT2D eigenvalue weighted by molar-refractivity contribution is -0.198. The highest BCUT2D eigenvalue weighted by Crippen LogP contribution is 2.25. The Morgan fingerprint density at radius 3 is 1.85 bits per heavy atom. The van der Waals surface area contributed by atoms with Crippen molar-refractivity contribution in [3.63, 3.8) is 0 Å². The van der Waals surface area contributed by atoms with Crippen molar-refractivity contribution in [2.24, 2.45) is 0 Å². The van der Waals surface area contributed by atoms with Gasteiger partial charge in [0.1, 0.15) is 0 Å². The third-order valence-corrected chi connectivity index (χ3v) is 7.98. The Balaban J connectivity index is 0.929. The third-order valence-electron chi connectivity index (χ3n) is 7.98. The zero-order valence-electron chi connectivity index (χ0n) is 29.7. The average Bonchev–Trinajstić information content (AvgIpc) is 3.46. The maximum Gasteiger partial charge on any atom is 0.335 e. The Kier molecular flexibility index (Phi) is 17.4. The first-order valence-electron chi connectivity index (χ1n) is 17.7. The molecule has 15 nitrogen and oxygen atoms in total. The van der Waals surface area contributed by atoms with Gasteiger partial charge in [-0.2, -0.15) is 0 Å². The Morgan fingerprint density at radius 1 is 0.623 bits per heavy atom. The van der Waals surface area contributed by atoms with E-state index in [1.165, 1.54) is 0 Å². The van der Waals surface area contributed by atoms with Crippen molar-refractivity contribution in [2.45, 2.75) is 51.5 Å². The van der Waals surface area contributed by atoms with E-state index in [9.17, 15) is 28.8 Å². The molecule has 0 aliphatic carbocycles. The lowest BCUT2D eigenvalue weighted by atomic mass is 10.0. The summed E-state index contributed by atoms with van der Waals surface area (Å²) in [6.07, 6.45) is 0.862. The molecule has 1 saturated heterocycles. The second kappa shape index (κ2) is 22.7. The largest absolute Gasteiger partial charge is 0.378 e. The highest BCUT2D eigenvalue weighted by molar-refractivity contribution is 6.01. The van der Waals surface area contributed by atoms with Crippen LogP contribution in [0.3, 0.4) is 0 Å². The summed E-state index contributed by atoms with van der Waals surface area (Å²) in [6, 6.07) is 15.3. The second-order valence-corrected chi connectivity index (χ2v) is 12.0. The van der Waals surface area contributed by atoms with Crippen LogP contribution in [0.1, 0.15) is 61.6 Å². The van der Waals surface area contributed by atoms with Crippen LogP contribution in [0, 0.1) is 11.8 Å². The van der Waals surface area contributed by atoms with Crippen molar-refractivity contribution >= 4 is 41.2 Å². The van der Waals surface area contributed by atoms with E-state index in [4.69, 9.17) is 23.8 Å². The van der Waals surface area contributed by atoms with Crippen molar-refractivity contribution in [2.75, 3.05) is 70.8 Å². The number of fused-ring (bicyclic) bond motifs is 2. The zero-order valence-corrected chi connectivity index (χ0v) is 29.7. The molecule has 5 amide bonds. The summed E-state index contributed by atoms with van der Waals surface area (Å²) in [7, 11) is 0. The van der Waals surface area contributed by atoms with Gasteiger partial charge in [0.05, 0.1) is 71.5 Å². The number of amides is 5. The number of rotatable bonds is 23. The molecule has 2 heterocycles. The second-order valence-electron chi connectivity index (χ2n) is 12.0. The summed E-state index contributed by atoms with van der Waals surface area (Å²) in [6.45, 7) is 3.24. The van der Waals surface area contributed by atoms with Crippen LogP contribution in [-0.2, 0) is 59.1 Å². The van der Waals surface area contributed by atoms with Crippen LogP contribution in [0.25, 0.3) is 0 Å². The first-order chi connectivity index (χ1) is 25.8. The van der Waals surface area contributed by atoms with Crippen LogP contribution in [0.5, 0.6) is 0 Å². The molecule has 0 atom stereocenters. The summed E-state index contributed by atoms with van der Waals surface area (Å²) in [5, 5.41) is 6.05. The molecule has 2 aromatic carbocycles. The molecule has 284 valence electrons. The van der Waals surface area contributed by atoms with Gasteiger partial charge in [-0.1, -0.05) is 42.2 Å². The van der Waals surface area contributed by atoms with Crippen LogP contribution >= 0.6 is 0 Å². The fourth-order valence-corrected chi connectivity index (χ4v) is 5.22. The molecule has 0 bridgehead atoms. The van der Waals surface area contributed by atoms with E-state index in [-0.39, 0.29) is 76.0 Å². The van der Waals surface area contributed by atoms with Gasteiger partial charge < -0.3 is 39.3 Å². The van der Waals surface area contributed by atoms with Gasteiger partial charge in [-0.25, -0.2) is 4.79 Å². The number of hydrogen-bond acceptors (Lipinski definition) is 11. The molecule has 1 fully saturated rings. The smallest absolute Gasteiger partial charge is 0.335 e. The molecule has 2 aromatic rings. The van der Waals surface area contributed by atoms with Gasteiger partial charge in [0.15, 0.2) is 0 Å². The normalized spacial score (nSPS) is 13.3. The van der Waals surface area contributed by atoms with E-state index >= 15 is 0 Å². The van der Waals surface area contributed by atoms with Crippen LogP contribution in [-0.4, -0.2) is 107 Å². The van der Waals surface area contributed by atoms with Crippen molar-refractivity contribution in [3.8, 4) is 11.8 Å². The maximum atomic E-state index is 13.3. The van der Waals surface area contributed by atoms with E-state index in [0.29, 0.717) is 64.2 Å². The molecule has 0 spiro atoms. The van der Waals surface area contributed by atoms with E-state index in [1.54, 1.807) is 4.90 Å². The highest BCUT2D eigenvalue weighted by Gasteiger charge is 2.32.